The lowest BCUT2D eigenvalue weighted by Gasteiger charge is -2.28. The molecule has 2 aliphatic heterocycles. The van der Waals surface area contributed by atoms with Crippen molar-refractivity contribution in [2.45, 2.75) is 69.4 Å². The van der Waals surface area contributed by atoms with Gasteiger partial charge in [0.25, 0.3) is 0 Å². The molecular formula is C26H37ClN5O5PS. The number of thioether (sulfide) groups is 1. The summed E-state index contributed by atoms with van der Waals surface area (Å²) in [6.45, 7) is 5.22. The van der Waals surface area contributed by atoms with Gasteiger partial charge in [-0.25, -0.2) is 15.1 Å². The van der Waals surface area contributed by atoms with E-state index in [1.165, 1.54) is 7.11 Å². The molecule has 214 valence electrons. The predicted molar refractivity (Wildman–Crippen MR) is 155 cm³/mol. The van der Waals surface area contributed by atoms with Crippen LogP contribution in [-0.4, -0.2) is 61.0 Å². The molecule has 0 amide bonds. The van der Waals surface area contributed by atoms with Crippen molar-refractivity contribution in [2.24, 2.45) is 5.92 Å². The summed E-state index contributed by atoms with van der Waals surface area (Å²) in [5.41, 5.74) is 0.946. The summed E-state index contributed by atoms with van der Waals surface area (Å²) in [6.07, 6.45) is 7.73. The van der Waals surface area contributed by atoms with Crippen LogP contribution in [-0.2, 0) is 18.8 Å². The third-order valence-corrected chi connectivity index (χ3v) is 8.90. The van der Waals surface area contributed by atoms with Crippen LogP contribution in [0.15, 0.2) is 35.6 Å². The molecule has 2 aliphatic rings. The Hall–Kier alpha value is -1.88. The van der Waals surface area contributed by atoms with Gasteiger partial charge in [0.2, 0.25) is 0 Å². The molecule has 5 atom stereocenters. The molecule has 13 heteroatoms. The van der Waals surface area contributed by atoms with Crippen LogP contribution in [0.3, 0.4) is 0 Å². The Morgan fingerprint density at radius 2 is 2.13 bits per heavy atom. The summed E-state index contributed by atoms with van der Waals surface area (Å²) >= 11 is 7.64. The van der Waals surface area contributed by atoms with E-state index in [1.807, 2.05) is 6.26 Å². The molecule has 39 heavy (non-hydrogen) atoms. The maximum absolute atomic E-state index is 12.5. The summed E-state index contributed by atoms with van der Waals surface area (Å²) in [5.74, 6) is 1.38. The largest absolute Gasteiger partial charge is 0.468 e. The molecule has 5 unspecified atom stereocenters. The molecule has 10 nitrogen and oxygen atoms in total. The maximum atomic E-state index is 12.5. The van der Waals surface area contributed by atoms with Gasteiger partial charge in [-0.05, 0) is 43.4 Å². The summed E-state index contributed by atoms with van der Waals surface area (Å²) in [6, 6.07) is 6.53. The van der Waals surface area contributed by atoms with Gasteiger partial charge in [0.15, 0.2) is 5.82 Å². The molecule has 1 saturated heterocycles. The lowest BCUT2D eigenvalue weighted by molar-refractivity contribution is -0.142. The zero-order chi connectivity index (χ0) is 27.8. The number of rotatable bonds is 14. The van der Waals surface area contributed by atoms with Crippen molar-refractivity contribution in [3.8, 4) is 5.75 Å². The quantitative estimate of drug-likeness (QED) is 0.0903. The Labute approximate surface area is 240 Å². The summed E-state index contributed by atoms with van der Waals surface area (Å²) < 4.78 is 23.9. The number of nitrogens with one attached hydrogen (secondary N) is 2. The summed E-state index contributed by atoms with van der Waals surface area (Å²) in [5, 5.41) is 8.21. The minimum absolute atomic E-state index is 0.145. The molecule has 2 N–H and O–H groups in total. The number of ether oxygens (including phenoxy) is 2. The summed E-state index contributed by atoms with van der Waals surface area (Å²) in [4.78, 5) is 23.6. The van der Waals surface area contributed by atoms with E-state index >= 15 is 0 Å². The smallest absolute Gasteiger partial charge is 0.323 e. The number of carbonyl (C=O) groups is 1. The first kappa shape index (κ1) is 30.1. The van der Waals surface area contributed by atoms with Crippen molar-refractivity contribution >= 4 is 49.4 Å². The molecule has 1 aromatic carbocycles. The lowest BCUT2D eigenvalue weighted by atomic mass is 10.1. The van der Waals surface area contributed by atoms with Crippen molar-refractivity contribution in [3.63, 3.8) is 0 Å². The van der Waals surface area contributed by atoms with Gasteiger partial charge in [-0.3, -0.25) is 4.79 Å². The zero-order valence-corrected chi connectivity index (χ0v) is 25.2. The van der Waals surface area contributed by atoms with E-state index in [9.17, 15) is 4.79 Å². The minimum Gasteiger partial charge on any atom is -0.468 e. The standard InChI is InChI=1S/C26H37ClN5O5PS/c1-5-6-7-8-21(26(33)34-3)31-38(37-19-11-9-18(27)10-12-19)35-14-20-13-17(2)25(36-20)32-16-30-22-23(32)28-15-29-24(22)39-4/h9-12,15,17,20-21,25,30-31H,5-8,13-14,16H2,1-4H3. The van der Waals surface area contributed by atoms with E-state index in [-0.39, 0.29) is 24.2 Å². The molecular weight excluding hydrogens is 561 g/mol. The van der Waals surface area contributed by atoms with E-state index in [0.29, 0.717) is 30.5 Å². The van der Waals surface area contributed by atoms with Crippen LogP contribution >= 0.6 is 31.9 Å². The molecule has 0 radical (unpaired) electrons. The second-order valence-corrected chi connectivity index (χ2v) is 12.0. The van der Waals surface area contributed by atoms with Gasteiger partial charge in [-0.1, -0.05) is 44.7 Å². The summed E-state index contributed by atoms with van der Waals surface area (Å²) in [7, 11) is -0.277. The van der Waals surface area contributed by atoms with Crippen LogP contribution in [0.1, 0.15) is 46.0 Å². The number of esters is 1. The van der Waals surface area contributed by atoms with E-state index in [1.54, 1.807) is 42.4 Å². The van der Waals surface area contributed by atoms with Crippen LogP contribution in [0, 0.1) is 5.92 Å². The molecule has 4 rings (SSSR count). The minimum atomic E-state index is -1.67. The number of carbonyl (C=O) groups excluding carboxylic acids is 1. The Balaban J connectivity index is 1.41. The Bertz CT molecular complexity index is 1090. The van der Waals surface area contributed by atoms with Crippen LogP contribution in [0.2, 0.25) is 5.02 Å². The second-order valence-electron chi connectivity index (χ2n) is 9.55. The highest BCUT2D eigenvalue weighted by Gasteiger charge is 2.40. The van der Waals surface area contributed by atoms with Crippen LogP contribution in [0.4, 0.5) is 11.5 Å². The fourth-order valence-electron chi connectivity index (χ4n) is 4.68. The van der Waals surface area contributed by atoms with Crippen molar-refractivity contribution in [2.75, 3.05) is 36.9 Å². The van der Waals surface area contributed by atoms with Crippen molar-refractivity contribution in [1.82, 2.24) is 15.1 Å². The topological polar surface area (TPSA) is 107 Å². The number of nitrogens with zero attached hydrogens (tertiary/aromatic N) is 3. The third kappa shape index (κ3) is 7.86. The van der Waals surface area contributed by atoms with Crippen molar-refractivity contribution < 1.29 is 23.3 Å². The van der Waals surface area contributed by atoms with Gasteiger partial charge < -0.3 is 28.7 Å². The molecule has 1 fully saturated rings. The highest BCUT2D eigenvalue weighted by molar-refractivity contribution is 7.98. The van der Waals surface area contributed by atoms with Crippen molar-refractivity contribution in [3.05, 3.63) is 35.6 Å². The van der Waals surface area contributed by atoms with E-state index in [0.717, 1.165) is 42.2 Å². The fourth-order valence-corrected chi connectivity index (χ4v) is 6.61. The zero-order valence-electron chi connectivity index (χ0n) is 22.8. The molecule has 1 aromatic heterocycles. The first-order valence-corrected chi connectivity index (χ1v) is 16.0. The highest BCUT2D eigenvalue weighted by atomic mass is 35.5. The van der Waals surface area contributed by atoms with E-state index < -0.39 is 14.6 Å². The monoisotopic (exact) mass is 597 g/mol. The molecule has 2 aromatic rings. The fraction of sp³-hybridized carbons (Fsp3) is 0.577. The average molecular weight is 598 g/mol. The number of anilines is 2. The lowest BCUT2D eigenvalue weighted by Crippen LogP contribution is -2.39. The van der Waals surface area contributed by atoms with Gasteiger partial charge in [-0.15, -0.1) is 11.8 Å². The number of hydrogen-bond acceptors (Lipinski definition) is 11. The molecule has 0 spiro atoms. The number of aromatic nitrogens is 2. The van der Waals surface area contributed by atoms with Crippen LogP contribution in [0.25, 0.3) is 0 Å². The molecule has 3 heterocycles. The SMILES string of the molecule is CCCCCC(NP(OCC1CC(C)C(N2CNc3c(SC)ncnc32)O1)Oc1ccc(Cl)cc1)C(=O)OC. The van der Waals surface area contributed by atoms with E-state index in [4.69, 9.17) is 30.1 Å². The highest BCUT2D eigenvalue weighted by Crippen LogP contribution is 2.42. The van der Waals surface area contributed by atoms with Gasteiger partial charge in [0, 0.05) is 10.9 Å². The Kier molecular flexibility index (Phi) is 11.3. The first-order valence-electron chi connectivity index (χ1n) is 13.2. The van der Waals surface area contributed by atoms with Gasteiger partial charge in [0.05, 0.1) is 26.5 Å². The normalized spacial score (nSPS) is 21.8. The Morgan fingerprint density at radius 3 is 2.85 bits per heavy atom. The molecule has 0 saturated carbocycles. The molecule has 0 bridgehead atoms. The van der Waals surface area contributed by atoms with Gasteiger partial charge in [-0.2, -0.15) is 0 Å². The number of fused-ring (bicyclic) bond motifs is 1. The van der Waals surface area contributed by atoms with Crippen LogP contribution < -0.4 is 19.8 Å². The average Bonchev–Trinajstić information content (AvgIpc) is 3.54. The van der Waals surface area contributed by atoms with Crippen LogP contribution in [0.5, 0.6) is 5.75 Å². The van der Waals surface area contributed by atoms with Crippen molar-refractivity contribution in [1.29, 1.82) is 0 Å². The number of methoxy groups -OCH3 is 1. The Morgan fingerprint density at radius 1 is 1.33 bits per heavy atom. The number of halogens is 1. The first-order chi connectivity index (χ1) is 18.9. The van der Waals surface area contributed by atoms with E-state index in [2.05, 4.69) is 39.1 Å². The number of benzene rings is 1. The number of unbranched alkanes of at least 4 members (excludes halogenated alkanes) is 2. The third-order valence-electron chi connectivity index (χ3n) is 6.67. The second kappa shape index (κ2) is 14.7. The van der Waals surface area contributed by atoms with Gasteiger partial charge >= 0.3 is 14.5 Å². The molecule has 0 aliphatic carbocycles. The predicted octanol–water partition coefficient (Wildman–Crippen LogP) is 5.83. The number of hydrogen-bond donors (Lipinski definition) is 2. The maximum Gasteiger partial charge on any atom is 0.323 e. The van der Waals surface area contributed by atoms with Gasteiger partial charge in [0.1, 0.15) is 35.1 Å².